The van der Waals surface area contributed by atoms with Crippen molar-refractivity contribution in [3.63, 3.8) is 0 Å². The van der Waals surface area contributed by atoms with Crippen LogP contribution in [0.1, 0.15) is 52.8 Å². The van der Waals surface area contributed by atoms with Crippen LogP contribution in [0.3, 0.4) is 0 Å². The van der Waals surface area contributed by atoms with Crippen LogP contribution in [0.4, 0.5) is 10.6 Å². The lowest BCUT2D eigenvalue weighted by atomic mass is 9.96. The summed E-state index contributed by atoms with van der Waals surface area (Å²) in [6.45, 7) is 11.7. The van der Waals surface area contributed by atoms with Crippen LogP contribution in [0, 0.1) is 16.7 Å². The fourth-order valence-electron chi connectivity index (χ4n) is 3.86. The monoisotopic (exact) mass is 456 g/mol. The summed E-state index contributed by atoms with van der Waals surface area (Å²) in [7, 11) is 1.81. The predicted octanol–water partition coefficient (Wildman–Crippen LogP) is 2.36. The Kier molecular flexibility index (Phi) is 6.29. The van der Waals surface area contributed by atoms with Crippen LogP contribution in [0.15, 0.2) is 11.1 Å². The normalized spacial score (nSPS) is 19.0. The van der Waals surface area contributed by atoms with Gasteiger partial charge in [0.05, 0.1) is 6.54 Å². The molecule has 0 saturated carbocycles. The number of amides is 3. The van der Waals surface area contributed by atoms with Gasteiger partial charge in [-0.1, -0.05) is 20.8 Å². The zero-order valence-corrected chi connectivity index (χ0v) is 20.4. The van der Waals surface area contributed by atoms with Crippen molar-refractivity contribution in [2.24, 2.45) is 10.4 Å². The number of carbonyl (C=O) groups is 3. The summed E-state index contributed by atoms with van der Waals surface area (Å²) in [5.74, 6) is -0.0974. The first-order chi connectivity index (χ1) is 15.2. The molecule has 1 aromatic rings. The smallest absolute Gasteiger partial charge is 0.411 e. The fourth-order valence-corrected chi connectivity index (χ4v) is 3.86. The number of piperazine rings is 1. The first-order valence-electron chi connectivity index (χ1n) is 10.9. The minimum absolute atomic E-state index is 0.0712. The number of anilines is 1. The van der Waals surface area contributed by atoms with Crippen LogP contribution in [0.2, 0.25) is 0 Å². The van der Waals surface area contributed by atoms with Crippen molar-refractivity contribution in [2.75, 3.05) is 25.0 Å². The molecule has 0 aliphatic carbocycles. The van der Waals surface area contributed by atoms with Crippen molar-refractivity contribution < 1.29 is 19.1 Å². The number of aliphatic imine (C=N–C) groups is 1. The zero-order valence-electron chi connectivity index (χ0n) is 20.4. The Morgan fingerprint density at radius 3 is 2.30 bits per heavy atom. The average molecular weight is 457 g/mol. The number of ether oxygens (including phenoxy) is 1. The third-order valence-corrected chi connectivity index (χ3v) is 5.21. The van der Waals surface area contributed by atoms with E-state index in [-0.39, 0.29) is 25.0 Å². The molecular weight excluding hydrogens is 424 g/mol. The molecule has 0 bridgehead atoms. The number of carbonyl (C=O) groups excluding carboxylic acids is 3. The molecule has 1 aromatic heterocycles. The largest absolute Gasteiger partial charge is 0.444 e. The first kappa shape index (κ1) is 24.3. The number of hydrogen-bond donors (Lipinski definition) is 0. The standard InChI is InChI=1S/C23H32N6O4/c1-22(2,3)14-29-16(8-15-10-25-17(9-24)26(7)20(15)29)11-28-18(30)12-27(13-19(28)31)21(32)33-23(4,5)6/h8,10,17H,11-14H2,1-7H3. The minimum atomic E-state index is -0.720. The molecule has 1 atom stereocenters. The molecule has 0 spiro atoms. The van der Waals surface area contributed by atoms with Crippen molar-refractivity contribution in [1.82, 2.24) is 14.4 Å². The summed E-state index contributed by atoms with van der Waals surface area (Å²) >= 11 is 0. The molecular formula is C23H32N6O4. The molecule has 1 saturated heterocycles. The predicted molar refractivity (Wildman–Crippen MR) is 123 cm³/mol. The highest BCUT2D eigenvalue weighted by Gasteiger charge is 2.37. The highest BCUT2D eigenvalue weighted by molar-refractivity contribution is 6.02. The van der Waals surface area contributed by atoms with E-state index in [2.05, 4.69) is 31.8 Å². The number of fused-ring (bicyclic) bond motifs is 1. The number of nitriles is 1. The first-order valence-corrected chi connectivity index (χ1v) is 10.9. The molecule has 178 valence electrons. The zero-order chi connectivity index (χ0) is 24.7. The number of rotatable bonds is 3. The molecule has 0 N–H and O–H groups in total. The van der Waals surface area contributed by atoms with Crippen LogP contribution < -0.4 is 4.90 Å². The van der Waals surface area contributed by atoms with E-state index in [4.69, 9.17) is 4.74 Å². The molecule has 1 fully saturated rings. The van der Waals surface area contributed by atoms with Crippen molar-refractivity contribution >= 4 is 29.9 Å². The summed E-state index contributed by atoms with van der Waals surface area (Å²) in [5.41, 5.74) is 0.777. The second kappa shape index (κ2) is 8.54. The Bertz CT molecular complexity index is 1020. The third-order valence-electron chi connectivity index (χ3n) is 5.21. The van der Waals surface area contributed by atoms with E-state index in [1.807, 2.05) is 17.7 Å². The lowest BCUT2D eigenvalue weighted by molar-refractivity contribution is -0.151. The molecule has 0 aromatic carbocycles. The summed E-state index contributed by atoms with van der Waals surface area (Å²) < 4.78 is 7.35. The van der Waals surface area contributed by atoms with Crippen LogP contribution >= 0.6 is 0 Å². The maximum Gasteiger partial charge on any atom is 0.411 e. The molecule has 0 radical (unpaired) electrons. The van der Waals surface area contributed by atoms with Crippen molar-refractivity contribution in [1.29, 1.82) is 5.26 Å². The summed E-state index contributed by atoms with van der Waals surface area (Å²) in [5, 5.41) is 9.43. The Balaban J connectivity index is 1.87. The molecule has 1 unspecified atom stereocenters. The van der Waals surface area contributed by atoms with Gasteiger partial charge < -0.3 is 14.2 Å². The Labute approximate surface area is 194 Å². The van der Waals surface area contributed by atoms with E-state index in [0.29, 0.717) is 6.54 Å². The van der Waals surface area contributed by atoms with E-state index < -0.39 is 29.7 Å². The highest BCUT2D eigenvalue weighted by Crippen LogP contribution is 2.32. The Morgan fingerprint density at radius 1 is 1.18 bits per heavy atom. The molecule has 2 aliphatic heterocycles. The molecule has 2 aliphatic rings. The van der Waals surface area contributed by atoms with Crippen molar-refractivity contribution in [3.05, 3.63) is 17.3 Å². The number of imide groups is 1. The van der Waals surface area contributed by atoms with E-state index in [1.54, 1.807) is 31.9 Å². The van der Waals surface area contributed by atoms with Gasteiger partial charge in [-0.05, 0) is 32.3 Å². The second-order valence-electron chi connectivity index (χ2n) is 10.7. The van der Waals surface area contributed by atoms with Crippen LogP contribution in [0.25, 0.3) is 0 Å². The highest BCUT2D eigenvalue weighted by atomic mass is 16.6. The SMILES string of the molecule is CN1c2c(cc(CN3C(=O)CN(C(=O)OC(C)(C)C)CC3=O)n2CC(C)(C)C)C=NC1C#N. The van der Waals surface area contributed by atoms with Gasteiger partial charge in [0.25, 0.3) is 0 Å². The van der Waals surface area contributed by atoms with Crippen LogP contribution in [0.5, 0.6) is 0 Å². The Hall–Kier alpha value is -3.35. The lowest BCUT2D eigenvalue weighted by Crippen LogP contribution is -2.56. The van der Waals surface area contributed by atoms with E-state index >= 15 is 0 Å². The van der Waals surface area contributed by atoms with Crippen molar-refractivity contribution in [3.8, 4) is 6.07 Å². The van der Waals surface area contributed by atoms with Gasteiger partial charge >= 0.3 is 6.09 Å². The maximum absolute atomic E-state index is 12.9. The van der Waals surface area contributed by atoms with Gasteiger partial charge in [0.15, 0.2) is 0 Å². The lowest BCUT2D eigenvalue weighted by Gasteiger charge is -2.34. The maximum atomic E-state index is 12.9. The summed E-state index contributed by atoms with van der Waals surface area (Å²) in [6.07, 6.45) is 0.339. The average Bonchev–Trinajstić information content (AvgIpc) is 2.99. The number of hydrogen-bond acceptors (Lipinski definition) is 7. The van der Waals surface area contributed by atoms with E-state index in [1.165, 1.54) is 4.90 Å². The van der Waals surface area contributed by atoms with Gasteiger partial charge in [-0.3, -0.25) is 24.4 Å². The second-order valence-corrected chi connectivity index (χ2v) is 10.7. The number of nitrogens with zero attached hydrogens (tertiary/aromatic N) is 6. The van der Waals surface area contributed by atoms with Gasteiger partial charge in [0.2, 0.25) is 18.0 Å². The number of aromatic nitrogens is 1. The van der Waals surface area contributed by atoms with Gasteiger partial charge in [-0.2, -0.15) is 5.26 Å². The van der Waals surface area contributed by atoms with E-state index in [0.717, 1.165) is 22.0 Å². The van der Waals surface area contributed by atoms with Crippen LogP contribution in [-0.4, -0.2) is 70.4 Å². The topological polar surface area (TPSA) is 111 Å². The van der Waals surface area contributed by atoms with Gasteiger partial charge in [-0.25, -0.2) is 4.79 Å². The molecule has 10 nitrogen and oxygen atoms in total. The molecule has 3 amide bonds. The molecule has 3 rings (SSSR count). The van der Waals surface area contributed by atoms with Gasteiger partial charge in [0, 0.05) is 31.1 Å². The summed E-state index contributed by atoms with van der Waals surface area (Å²) in [4.78, 5) is 46.4. The molecule has 33 heavy (non-hydrogen) atoms. The molecule has 10 heteroatoms. The quantitative estimate of drug-likeness (QED) is 0.646. The third kappa shape index (κ3) is 5.35. The van der Waals surface area contributed by atoms with Crippen LogP contribution in [-0.2, 0) is 27.4 Å². The van der Waals surface area contributed by atoms with E-state index in [9.17, 15) is 19.6 Å². The van der Waals surface area contributed by atoms with Crippen molar-refractivity contribution in [2.45, 2.75) is 66.4 Å². The molecule has 3 heterocycles. The summed E-state index contributed by atoms with van der Waals surface area (Å²) in [6, 6.07) is 4.07. The van der Waals surface area contributed by atoms with Gasteiger partial charge in [0.1, 0.15) is 30.6 Å². The Morgan fingerprint density at radius 2 is 1.79 bits per heavy atom. The minimum Gasteiger partial charge on any atom is -0.444 e. The van der Waals surface area contributed by atoms with Gasteiger partial charge in [-0.15, -0.1) is 0 Å². The fraction of sp³-hybridized carbons (Fsp3) is 0.609.